The van der Waals surface area contributed by atoms with Gasteiger partial charge in [0.15, 0.2) is 0 Å². The predicted octanol–water partition coefficient (Wildman–Crippen LogP) is 5.68. The van der Waals surface area contributed by atoms with Crippen molar-refractivity contribution in [2.45, 2.75) is 13.8 Å². The number of aromatic nitrogens is 1. The van der Waals surface area contributed by atoms with E-state index in [-0.39, 0.29) is 11.6 Å². The van der Waals surface area contributed by atoms with Crippen molar-refractivity contribution in [2.24, 2.45) is 0 Å². The van der Waals surface area contributed by atoms with Crippen molar-refractivity contribution < 1.29 is 9.72 Å². The summed E-state index contributed by atoms with van der Waals surface area (Å²) in [6, 6.07) is 21.8. The number of pyridine rings is 1. The summed E-state index contributed by atoms with van der Waals surface area (Å²) in [5, 5.41) is 14.7. The number of nitro benzene ring substituents is 1. The van der Waals surface area contributed by atoms with Crippen LogP contribution in [0.1, 0.15) is 21.5 Å². The normalized spacial score (nSPS) is 10.7. The molecule has 0 unspecified atom stereocenters. The molecule has 1 amide bonds. The number of rotatable bonds is 4. The summed E-state index contributed by atoms with van der Waals surface area (Å²) in [5.74, 6) is -0.347. The lowest BCUT2D eigenvalue weighted by Gasteiger charge is -2.11. The number of hydrogen-bond acceptors (Lipinski definition) is 4. The van der Waals surface area contributed by atoms with Gasteiger partial charge in [0.25, 0.3) is 11.6 Å². The monoisotopic (exact) mass is 397 g/mol. The molecule has 30 heavy (non-hydrogen) atoms. The molecule has 6 nitrogen and oxygen atoms in total. The number of anilines is 1. The SMILES string of the molecule is Cc1cccc(-c2cc(C(=O)Nc3ccc(C)c([N+](=O)[O-])c3)c3ccccc3n2)c1. The van der Waals surface area contributed by atoms with Crippen LogP contribution in [0.3, 0.4) is 0 Å². The molecule has 0 saturated heterocycles. The second-order valence-electron chi connectivity index (χ2n) is 7.15. The average molecular weight is 397 g/mol. The largest absolute Gasteiger partial charge is 0.322 e. The van der Waals surface area contributed by atoms with Crippen molar-refractivity contribution in [3.63, 3.8) is 0 Å². The molecular formula is C24H19N3O3. The van der Waals surface area contributed by atoms with E-state index in [0.717, 1.165) is 11.1 Å². The Morgan fingerprint density at radius 3 is 2.53 bits per heavy atom. The Kier molecular flexibility index (Phi) is 4.98. The van der Waals surface area contributed by atoms with E-state index in [1.165, 1.54) is 6.07 Å². The van der Waals surface area contributed by atoms with Gasteiger partial charge in [0.1, 0.15) is 0 Å². The first kappa shape index (κ1) is 19.3. The third kappa shape index (κ3) is 3.75. The molecule has 1 N–H and O–H groups in total. The highest BCUT2D eigenvalue weighted by Crippen LogP contribution is 2.27. The molecule has 0 radical (unpaired) electrons. The molecule has 6 heteroatoms. The van der Waals surface area contributed by atoms with Crippen LogP contribution in [0.5, 0.6) is 0 Å². The van der Waals surface area contributed by atoms with Crippen molar-refractivity contribution in [1.29, 1.82) is 0 Å². The van der Waals surface area contributed by atoms with Gasteiger partial charge in [-0.3, -0.25) is 14.9 Å². The van der Waals surface area contributed by atoms with Gasteiger partial charge in [-0.15, -0.1) is 0 Å². The molecule has 0 aliphatic carbocycles. The molecule has 3 aromatic carbocycles. The molecule has 0 aliphatic heterocycles. The number of amides is 1. The summed E-state index contributed by atoms with van der Waals surface area (Å²) in [7, 11) is 0. The maximum absolute atomic E-state index is 13.1. The predicted molar refractivity (Wildman–Crippen MR) is 118 cm³/mol. The fourth-order valence-corrected chi connectivity index (χ4v) is 3.40. The molecule has 0 fully saturated rings. The fourth-order valence-electron chi connectivity index (χ4n) is 3.40. The molecule has 0 aliphatic rings. The summed E-state index contributed by atoms with van der Waals surface area (Å²) in [6.07, 6.45) is 0. The zero-order valence-corrected chi connectivity index (χ0v) is 16.5. The number of benzene rings is 3. The lowest BCUT2D eigenvalue weighted by atomic mass is 10.0. The molecule has 0 spiro atoms. The van der Waals surface area contributed by atoms with Crippen LogP contribution in [0.15, 0.2) is 72.8 Å². The lowest BCUT2D eigenvalue weighted by molar-refractivity contribution is -0.385. The number of fused-ring (bicyclic) bond motifs is 1. The van der Waals surface area contributed by atoms with Gasteiger partial charge >= 0.3 is 0 Å². The summed E-state index contributed by atoms with van der Waals surface area (Å²) >= 11 is 0. The zero-order valence-electron chi connectivity index (χ0n) is 16.5. The van der Waals surface area contributed by atoms with Crippen LogP contribution in [0, 0.1) is 24.0 Å². The van der Waals surface area contributed by atoms with Crippen LogP contribution in [-0.4, -0.2) is 15.8 Å². The quantitative estimate of drug-likeness (QED) is 0.355. The summed E-state index contributed by atoms with van der Waals surface area (Å²) in [5.41, 5.74) is 4.74. The number of nitrogens with one attached hydrogen (secondary N) is 1. The molecule has 4 aromatic rings. The van der Waals surface area contributed by atoms with E-state index >= 15 is 0 Å². The highest BCUT2D eigenvalue weighted by atomic mass is 16.6. The molecule has 0 saturated carbocycles. The van der Waals surface area contributed by atoms with Gasteiger partial charge in [0.05, 0.1) is 21.7 Å². The minimum absolute atomic E-state index is 0.0344. The van der Waals surface area contributed by atoms with Crippen LogP contribution in [-0.2, 0) is 0 Å². The maximum atomic E-state index is 13.1. The van der Waals surface area contributed by atoms with Gasteiger partial charge < -0.3 is 5.32 Å². The topological polar surface area (TPSA) is 85.1 Å². The minimum Gasteiger partial charge on any atom is -0.322 e. The van der Waals surface area contributed by atoms with Crippen molar-refractivity contribution in [3.8, 4) is 11.3 Å². The smallest absolute Gasteiger partial charge is 0.274 e. The summed E-state index contributed by atoms with van der Waals surface area (Å²) in [4.78, 5) is 28.6. The highest BCUT2D eigenvalue weighted by molar-refractivity contribution is 6.13. The molecule has 148 valence electrons. The molecule has 0 bridgehead atoms. The molecule has 0 atom stereocenters. The van der Waals surface area contributed by atoms with Gasteiger partial charge in [-0.1, -0.05) is 48.0 Å². The zero-order chi connectivity index (χ0) is 21.3. The van der Waals surface area contributed by atoms with Crippen molar-refractivity contribution in [1.82, 2.24) is 4.98 Å². The van der Waals surface area contributed by atoms with Gasteiger partial charge in [-0.05, 0) is 38.1 Å². The Hall–Kier alpha value is -4.06. The Morgan fingerprint density at radius 2 is 1.77 bits per heavy atom. The first-order chi connectivity index (χ1) is 14.4. The number of carbonyl (C=O) groups excluding carboxylic acids is 1. The Labute approximate surface area is 173 Å². The third-order valence-corrected chi connectivity index (χ3v) is 4.94. The van der Waals surface area contributed by atoms with Crippen LogP contribution >= 0.6 is 0 Å². The Bertz CT molecular complexity index is 1300. The van der Waals surface area contributed by atoms with E-state index in [1.54, 1.807) is 25.1 Å². The second-order valence-corrected chi connectivity index (χ2v) is 7.15. The van der Waals surface area contributed by atoms with E-state index in [4.69, 9.17) is 4.98 Å². The van der Waals surface area contributed by atoms with E-state index in [2.05, 4.69) is 5.32 Å². The van der Waals surface area contributed by atoms with Crippen molar-refractivity contribution in [2.75, 3.05) is 5.32 Å². The number of para-hydroxylation sites is 1. The van der Waals surface area contributed by atoms with Gasteiger partial charge in [-0.25, -0.2) is 4.98 Å². The van der Waals surface area contributed by atoms with Crippen LogP contribution in [0.2, 0.25) is 0 Å². The first-order valence-corrected chi connectivity index (χ1v) is 9.45. The van der Waals surface area contributed by atoms with Gasteiger partial charge in [0.2, 0.25) is 0 Å². The van der Waals surface area contributed by atoms with Crippen LogP contribution < -0.4 is 5.32 Å². The fraction of sp³-hybridized carbons (Fsp3) is 0.0833. The standard InChI is InChI=1S/C24H19N3O3/c1-15-6-5-7-17(12-15)22-14-20(19-8-3-4-9-21(19)26-22)24(28)25-18-11-10-16(2)23(13-18)27(29)30/h3-14H,1-2H3,(H,25,28). The average Bonchev–Trinajstić information content (AvgIpc) is 2.74. The molecule has 1 heterocycles. The highest BCUT2D eigenvalue weighted by Gasteiger charge is 2.16. The van der Waals surface area contributed by atoms with Crippen LogP contribution in [0.4, 0.5) is 11.4 Å². The van der Waals surface area contributed by atoms with Gasteiger partial charge in [0, 0.05) is 28.3 Å². The number of nitrogens with zero attached hydrogens (tertiary/aromatic N) is 2. The van der Waals surface area contributed by atoms with E-state index in [9.17, 15) is 14.9 Å². The van der Waals surface area contributed by atoms with Crippen molar-refractivity contribution >= 4 is 28.2 Å². The molecular weight excluding hydrogens is 378 g/mol. The third-order valence-electron chi connectivity index (χ3n) is 4.94. The number of hydrogen-bond donors (Lipinski definition) is 1. The first-order valence-electron chi connectivity index (χ1n) is 9.45. The molecule has 1 aromatic heterocycles. The number of carbonyl (C=O) groups is 1. The second kappa shape index (κ2) is 7.75. The maximum Gasteiger partial charge on any atom is 0.274 e. The van der Waals surface area contributed by atoms with Gasteiger partial charge in [-0.2, -0.15) is 0 Å². The number of nitro groups is 1. The summed E-state index contributed by atoms with van der Waals surface area (Å²) < 4.78 is 0. The molecule has 4 rings (SSSR count). The van der Waals surface area contributed by atoms with E-state index < -0.39 is 4.92 Å². The minimum atomic E-state index is -0.456. The van der Waals surface area contributed by atoms with E-state index in [1.807, 2.05) is 55.5 Å². The summed E-state index contributed by atoms with van der Waals surface area (Å²) in [6.45, 7) is 3.66. The lowest BCUT2D eigenvalue weighted by Crippen LogP contribution is -2.13. The number of aryl methyl sites for hydroxylation is 2. The van der Waals surface area contributed by atoms with E-state index in [0.29, 0.717) is 33.4 Å². The Morgan fingerprint density at radius 1 is 0.967 bits per heavy atom. The Balaban J connectivity index is 1.79. The van der Waals surface area contributed by atoms with Crippen molar-refractivity contribution in [3.05, 3.63) is 99.6 Å². The van der Waals surface area contributed by atoms with Crippen LogP contribution in [0.25, 0.3) is 22.2 Å².